The van der Waals surface area contributed by atoms with Crippen molar-refractivity contribution in [2.24, 2.45) is 5.73 Å². The maximum absolute atomic E-state index is 13.4. The molecule has 0 heterocycles. The van der Waals surface area contributed by atoms with Crippen LogP contribution in [0.5, 0.6) is 0 Å². The minimum absolute atomic E-state index is 0.205. The number of nitrogens with zero attached hydrogens (tertiary/aromatic N) is 1. The Bertz CT molecular complexity index is 1070. The number of terminal acetylenes is 1. The van der Waals surface area contributed by atoms with Crippen molar-refractivity contribution in [1.29, 1.82) is 0 Å². The third-order valence-electron chi connectivity index (χ3n) is 4.70. The number of benzene rings is 2. The summed E-state index contributed by atoms with van der Waals surface area (Å²) in [5.74, 6) is -2.25. The van der Waals surface area contributed by atoms with E-state index >= 15 is 0 Å². The molecular formula is C26H30N4O5. The van der Waals surface area contributed by atoms with Crippen LogP contribution < -0.4 is 16.4 Å². The SMILES string of the molecule is C#CN(C(=O)C(CC(N)=O)NC(=O)OC(C)(C)C)C(C(=O)NCc1ccccc1)c1ccccc1. The van der Waals surface area contributed by atoms with Crippen LogP contribution in [0.3, 0.4) is 0 Å². The van der Waals surface area contributed by atoms with Crippen LogP contribution in [0, 0.1) is 12.5 Å². The van der Waals surface area contributed by atoms with Crippen molar-refractivity contribution >= 4 is 23.8 Å². The van der Waals surface area contributed by atoms with Gasteiger partial charge < -0.3 is 21.1 Å². The quantitative estimate of drug-likeness (QED) is 0.376. The minimum atomic E-state index is -1.44. The molecule has 9 nitrogen and oxygen atoms in total. The third-order valence-corrected chi connectivity index (χ3v) is 4.70. The first kappa shape index (κ1) is 26.9. The number of primary amides is 1. The summed E-state index contributed by atoms with van der Waals surface area (Å²) in [6, 6.07) is 17.2. The first-order chi connectivity index (χ1) is 16.5. The third kappa shape index (κ3) is 8.51. The summed E-state index contributed by atoms with van der Waals surface area (Å²) in [6.07, 6.45) is 4.20. The Morgan fingerprint density at radius 2 is 1.60 bits per heavy atom. The van der Waals surface area contributed by atoms with Crippen LogP contribution in [-0.4, -0.2) is 40.4 Å². The molecule has 9 heteroatoms. The summed E-state index contributed by atoms with van der Waals surface area (Å²) >= 11 is 0. The minimum Gasteiger partial charge on any atom is -0.444 e. The monoisotopic (exact) mass is 478 g/mol. The van der Waals surface area contributed by atoms with Gasteiger partial charge in [0, 0.05) is 12.6 Å². The van der Waals surface area contributed by atoms with Crippen LogP contribution in [-0.2, 0) is 25.7 Å². The van der Waals surface area contributed by atoms with Crippen molar-refractivity contribution < 1.29 is 23.9 Å². The number of amides is 4. The zero-order chi connectivity index (χ0) is 26.0. The van der Waals surface area contributed by atoms with E-state index in [1.165, 1.54) is 0 Å². The van der Waals surface area contributed by atoms with E-state index in [4.69, 9.17) is 16.9 Å². The first-order valence-corrected chi connectivity index (χ1v) is 11.0. The fourth-order valence-electron chi connectivity index (χ4n) is 3.22. The second kappa shape index (κ2) is 12.2. The van der Waals surface area contributed by atoms with Gasteiger partial charge in [0.2, 0.25) is 11.8 Å². The van der Waals surface area contributed by atoms with Gasteiger partial charge in [-0.1, -0.05) is 67.1 Å². The summed E-state index contributed by atoms with van der Waals surface area (Å²) in [4.78, 5) is 51.5. The van der Waals surface area contributed by atoms with Crippen molar-refractivity contribution in [2.45, 2.75) is 51.4 Å². The fourth-order valence-corrected chi connectivity index (χ4v) is 3.22. The van der Waals surface area contributed by atoms with E-state index < -0.39 is 47.9 Å². The molecule has 0 fully saturated rings. The summed E-state index contributed by atoms with van der Waals surface area (Å²) in [7, 11) is 0. The van der Waals surface area contributed by atoms with Crippen molar-refractivity contribution in [1.82, 2.24) is 15.5 Å². The van der Waals surface area contributed by atoms with Gasteiger partial charge in [-0.2, -0.15) is 0 Å². The smallest absolute Gasteiger partial charge is 0.408 e. The predicted octanol–water partition coefficient (Wildman–Crippen LogP) is 2.23. The molecule has 4 amide bonds. The Labute approximate surface area is 205 Å². The Balaban J connectivity index is 2.34. The highest BCUT2D eigenvalue weighted by atomic mass is 16.6. The molecule has 2 rings (SSSR count). The van der Waals surface area contributed by atoms with Crippen molar-refractivity contribution in [3.8, 4) is 12.5 Å². The molecule has 4 N–H and O–H groups in total. The molecule has 0 radical (unpaired) electrons. The van der Waals surface area contributed by atoms with Gasteiger partial charge >= 0.3 is 6.09 Å². The fraction of sp³-hybridized carbons (Fsp3) is 0.308. The topological polar surface area (TPSA) is 131 Å². The van der Waals surface area contributed by atoms with Crippen molar-refractivity contribution in [3.05, 3.63) is 71.8 Å². The number of hydrogen-bond donors (Lipinski definition) is 3. The lowest BCUT2D eigenvalue weighted by Crippen LogP contribution is -2.52. The normalized spacial score (nSPS) is 12.4. The van der Waals surface area contributed by atoms with Crippen molar-refractivity contribution in [3.63, 3.8) is 0 Å². The molecule has 0 saturated heterocycles. The van der Waals surface area contributed by atoms with Gasteiger partial charge in [0.1, 0.15) is 17.7 Å². The molecule has 2 aromatic rings. The maximum atomic E-state index is 13.4. The average molecular weight is 479 g/mol. The number of alkyl carbamates (subject to hydrolysis) is 1. The van der Waals surface area contributed by atoms with Gasteiger partial charge in [0.15, 0.2) is 0 Å². The Hall–Kier alpha value is -4.32. The maximum Gasteiger partial charge on any atom is 0.408 e. The Morgan fingerprint density at radius 1 is 1.03 bits per heavy atom. The number of nitrogens with two attached hydrogens (primary N) is 1. The molecule has 0 aromatic heterocycles. The largest absolute Gasteiger partial charge is 0.444 e. The molecule has 2 atom stereocenters. The predicted molar refractivity (Wildman–Crippen MR) is 130 cm³/mol. The van der Waals surface area contributed by atoms with E-state index in [9.17, 15) is 19.2 Å². The van der Waals surface area contributed by atoms with Gasteiger partial charge in [-0.15, -0.1) is 0 Å². The standard InChI is InChI=1S/C26H30N4O5/c1-5-30(24(33)20(16-21(27)31)29-25(34)35-26(2,3)4)22(19-14-10-7-11-15-19)23(32)28-17-18-12-8-6-9-13-18/h1,6-15,20,22H,16-17H2,2-4H3,(H2,27,31)(H,28,32)(H,29,34). The lowest BCUT2D eigenvalue weighted by Gasteiger charge is -2.30. The van der Waals surface area contributed by atoms with Crippen LogP contribution in [0.1, 0.15) is 44.4 Å². The number of carbonyl (C=O) groups excluding carboxylic acids is 4. The van der Waals surface area contributed by atoms with Gasteiger partial charge in [-0.3, -0.25) is 19.3 Å². The van der Waals surface area contributed by atoms with Crippen molar-refractivity contribution in [2.75, 3.05) is 0 Å². The zero-order valence-corrected chi connectivity index (χ0v) is 20.0. The molecule has 184 valence electrons. The second-order valence-corrected chi connectivity index (χ2v) is 8.72. The lowest BCUT2D eigenvalue weighted by atomic mass is 10.0. The number of rotatable bonds is 9. The lowest BCUT2D eigenvalue weighted by molar-refractivity contribution is -0.139. The molecule has 0 saturated carbocycles. The molecule has 0 aliphatic heterocycles. The van der Waals surface area contributed by atoms with Gasteiger partial charge in [0.25, 0.3) is 5.91 Å². The summed E-state index contributed by atoms with van der Waals surface area (Å²) in [6.45, 7) is 5.14. The molecule has 0 spiro atoms. The molecule has 35 heavy (non-hydrogen) atoms. The van der Waals surface area contributed by atoms with E-state index in [0.29, 0.717) is 5.56 Å². The van der Waals surface area contributed by atoms with E-state index in [1.807, 2.05) is 30.3 Å². The number of carbonyl (C=O) groups is 4. The molecule has 2 unspecified atom stereocenters. The van der Waals surface area contributed by atoms with Gasteiger partial charge in [0.05, 0.1) is 6.42 Å². The van der Waals surface area contributed by atoms with Crippen LogP contribution >= 0.6 is 0 Å². The average Bonchev–Trinajstić information content (AvgIpc) is 2.79. The molecular weight excluding hydrogens is 448 g/mol. The summed E-state index contributed by atoms with van der Waals surface area (Å²) in [5, 5.41) is 5.13. The van der Waals surface area contributed by atoms with E-state index in [0.717, 1.165) is 10.5 Å². The van der Waals surface area contributed by atoms with E-state index in [-0.39, 0.29) is 6.54 Å². The Kier molecular flexibility index (Phi) is 9.41. The molecule has 2 aromatic carbocycles. The van der Waals surface area contributed by atoms with Gasteiger partial charge in [-0.05, 0) is 31.9 Å². The van der Waals surface area contributed by atoms with Crippen LogP contribution in [0.25, 0.3) is 0 Å². The zero-order valence-electron chi connectivity index (χ0n) is 20.0. The number of ether oxygens (including phenoxy) is 1. The first-order valence-electron chi connectivity index (χ1n) is 11.0. The van der Waals surface area contributed by atoms with E-state index in [2.05, 4.69) is 16.7 Å². The summed E-state index contributed by atoms with van der Waals surface area (Å²) < 4.78 is 5.19. The second-order valence-electron chi connectivity index (χ2n) is 8.72. The highest BCUT2D eigenvalue weighted by molar-refractivity contribution is 5.95. The molecule has 0 aliphatic rings. The van der Waals surface area contributed by atoms with E-state index in [1.54, 1.807) is 51.1 Å². The Morgan fingerprint density at radius 3 is 2.11 bits per heavy atom. The highest BCUT2D eigenvalue weighted by Crippen LogP contribution is 2.22. The number of hydrogen-bond acceptors (Lipinski definition) is 5. The van der Waals surface area contributed by atoms with Crippen LogP contribution in [0.2, 0.25) is 0 Å². The number of nitrogens with one attached hydrogen (secondary N) is 2. The highest BCUT2D eigenvalue weighted by Gasteiger charge is 2.36. The molecule has 0 aliphatic carbocycles. The molecule has 0 bridgehead atoms. The van der Waals surface area contributed by atoms with Crippen LogP contribution in [0.15, 0.2) is 60.7 Å². The van der Waals surface area contributed by atoms with Crippen LogP contribution in [0.4, 0.5) is 4.79 Å². The van der Waals surface area contributed by atoms with Gasteiger partial charge in [-0.25, -0.2) is 4.79 Å². The summed E-state index contributed by atoms with van der Waals surface area (Å²) in [5.41, 5.74) is 5.75.